The number of imide groups is 1. The summed E-state index contributed by atoms with van der Waals surface area (Å²) in [5.41, 5.74) is 0.307. The quantitative estimate of drug-likeness (QED) is 0.512. The van der Waals surface area contributed by atoms with Gasteiger partial charge in [0.2, 0.25) is 0 Å². The van der Waals surface area contributed by atoms with Crippen LogP contribution in [0, 0.1) is 0 Å². The van der Waals surface area contributed by atoms with Crippen LogP contribution in [0.15, 0.2) is 24.3 Å². The number of benzene rings is 1. The molecule has 7 nitrogen and oxygen atoms in total. The molecule has 0 atom stereocenters. The van der Waals surface area contributed by atoms with Gasteiger partial charge in [-0.1, -0.05) is 12.1 Å². The van der Waals surface area contributed by atoms with Crippen molar-refractivity contribution in [2.45, 2.75) is 12.8 Å². The summed E-state index contributed by atoms with van der Waals surface area (Å²) in [6.45, 7) is 0. The van der Waals surface area contributed by atoms with Gasteiger partial charge in [0.05, 0.1) is 5.56 Å². The van der Waals surface area contributed by atoms with Gasteiger partial charge in [-0.25, -0.2) is 4.79 Å². The average Bonchev–Trinajstić information content (AvgIpc) is 2.70. The van der Waals surface area contributed by atoms with Crippen LogP contribution in [0.1, 0.15) is 23.2 Å². The Morgan fingerprint density at radius 1 is 1.11 bits per heavy atom. The normalized spacial score (nSPS) is 14.7. The molecule has 1 aliphatic rings. The standard InChI is InChI=1S/C11H10BNO6/c14-9-5-6-10(15)13(9)19-11(16)7-1-3-8(4-2-7)12(17)18/h1-4,17-18H,5-6H2. The van der Waals surface area contributed by atoms with Crippen LogP contribution in [0.4, 0.5) is 0 Å². The highest BCUT2D eigenvalue weighted by Gasteiger charge is 2.33. The third-order valence-corrected chi connectivity index (χ3v) is 2.62. The van der Waals surface area contributed by atoms with Crippen LogP contribution in [0.5, 0.6) is 0 Å². The Morgan fingerprint density at radius 3 is 2.11 bits per heavy atom. The summed E-state index contributed by atoms with van der Waals surface area (Å²) in [5.74, 6) is -1.97. The number of rotatable bonds is 3. The van der Waals surface area contributed by atoms with Crippen molar-refractivity contribution in [3.63, 3.8) is 0 Å². The summed E-state index contributed by atoms with van der Waals surface area (Å²) in [7, 11) is -1.63. The molecule has 2 rings (SSSR count). The maximum absolute atomic E-state index is 11.7. The van der Waals surface area contributed by atoms with Crippen LogP contribution >= 0.6 is 0 Å². The van der Waals surface area contributed by atoms with E-state index >= 15 is 0 Å². The van der Waals surface area contributed by atoms with Crippen LogP contribution in [-0.2, 0) is 14.4 Å². The minimum atomic E-state index is -1.63. The van der Waals surface area contributed by atoms with E-state index in [-0.39, 0.29) is 23.9 Å². The molecule has 2 amide bonds. The van der Waals surface area contributed by atoms with Gasteiger partial charge in [0.15, 0.2) is 0 Å². The first kappa shape index (κ1) is 13.3. The van der Waals surface area contributed by atoms with Gasteiger partial charge in [0.25, 0.3) is 11.8 Å². The molecule has 1 aromatic carbocycles. The maximum atomic E-state index is 11.7. The minimum absolute atomic E-state index is 0.0295. The highest BCUT2D eigenvalue weighted by molar-refractivity contribution is 6.58. The first-order valence-corrected chi connectivity index (χ1v) is 5.53. The van der Waals surface area contributed by atoms with Gasteiger partial charge in [0.1, 0.15) is 0 Å². The first-order valence-electron chi connectivity index (χ1n) is 5.53. The fourth-order valence-corrected chi connectivity index (χ4v) is 1.58. The molecule has 0 saturated carbocycles. The summed E-state index contributed by atoms with van der Waals surface area (Å²) in [6.07, 6.45) is 0.0590. The van der Waals surface area contributed by atoms with Crippen molar-refractivity contribution in [2.24, 2.45) is 0 Å². The molecule has 8 heteroatoms. The fraction of sp³-hybridized carbons (Fsp3) is 0.182. The molecule has 98 valence electrons. The van der Waals surface area contributed by atoms with Gasteiger partial charge >= 0.3 is 13.1 Å². The van der Waals surface area contributed by atoms with Crippen molar-refractivity contribution in [3.05, 3.63) is 29.8 Å². The van der Waals surface area contributed by atoms with Crippen LogP contribution in [0.3, 0.4) is 0 Å². The third kappa shape index (κ3) is 2.80. The second-order valence-corrected chi connectivity index (χ2v) is 3.96. The van der Waals surface area contributed by atoms with Crippen molar-refractivity contribution in [1.82, 2.24) is 5.06 Å². The Hall–Kier alpha value is -2.19. The van der Waals surface area contributed by atoms with Crippen LogP contribution in [0.25, 0.3) is 0 Å². The number of hydrogen-bond donors (Lipinski definition) is 2. The summed E-state index contributed by atoms with van der Waals surface area (Å²) < 4.78 is 0. The SMILES string of the molecule is O=C(ON1C(=O)CCC1=O)c1ccc(B(O)O)cc1. The van der Waals surface area contributed by atoms with Crippen LogP contribution < -0.4 is 5.46 Å². The molecule has 19 heavy (non-hydrogen) atoms. The topological polar surface area (TPSA) is 104 Å². The monoisotopic (exact) mass is 263 g/mol. The van der Waals surface area contributed by atoms with Gasteiger partial charge < -0.3 is 14.9 Å². The minimum Gasteiger partial charge on any atom is -0.423 e. The van der Waals surface area contributed by atoms with Crippen molar-refractivity contribution in [3.8, 4) is 0 Å². The highest BCUT2D eigenvalue weighted by Crippen LogP contribution is 2.13. The van der Waals surface area contributed by atoms with E-state index in [4.69, 9.17) is 14.9 Å². The molecule has 0 unspecified atom stereocenters. The molecule has 1 saturated heterocycles. The second-order valence-electron chi connectivity index (χ2n) is 3.96. The molecule has 1 aromatic rings. The molecular formula is C11H10BNO6. The lowest BCUT2D eigenvalue weighted by molar-refractivity contribution is -0.172. The Kier molecular flexibility index (Phi) is 3.63. The fourth-order valence-electron chi connectivity index (χ4n) is 1.58. The Balaban J connectivity index is 2.07. The molecular weight excluding hydrogens is 253 g/mol. The van der Waals surface area contributed by atoms with Gasteiger partial charge in [-0.15, -0.1) is 5.06 Å². The molecule has 0 radical (unpaired) electrons. The number of amides is 2. The largest absolute Gasteiger partial charge is 0.488 e. The molecule has 2 N–H and O–H groups in total. The maximum Gasteiger partial charge on any atom is 0.488 e. The lowest BCUT2D eigenvalue weighted by Gasteiger charge is -2.12. The number of carbonyl (C=O) groups excluding carboxylic acids is 3. The van der Waals surface area contributed by atoms with Gasteiger partial charge in [-0.05, 0) is 17.6 Å². The number of hydrogen-bond acceptors (Lipinski definition) is 6. The summed E-state index contributed by atoms with van der Waals surface area (Å²) in [4.78, 5) is 38.9. The van der Waals surface area contributed by atoms with Gasteiger partial charge in [0, 0.05) is 12.8 Å². The van der Waals surface area contributed by atoms with Crippen molar-refractivity contribution < 1.29 is 29.3 Å². The van der Waals surface area contributed by atoms with Crippen molar-refractivity contribution in [2.75, 3.05) is 0 Å². The molecule has 1 fully saturated rings. The van der Waals surface area contributed by atoms with Crippen molar-refractivity contribution in [1.29, 1.82) is 0 Å². The summed E-state index contributed by atoms with van der Waals surface area (Å²) >= 11 is 0. The summed E-state index contributed by atoms with van der Waals surface area (Å²) in [5, 5.41) is 18.2. The van der Waals surface area contributed by atoms with Crippen molar-refractivity contribution >= 4 is 30.4 Å². The Morgan fingerprint density at radius 2 is 1.63 bits per heavy atom. The Bertz CT molecular complexity index is 510. The lowest BCUT2D eigenvalue weighted by atomic mass is 9.80. The van der Waals surface area contributed by atoms with E-state index in [0.717, 1.165) is 0 Å². The molecule has 1 heterocycles. The third-order valence-electron chi connectivity index (χ3n) is 2.62. The lowest BCUT2D eigenvalue weighted by Crippen LogP contribution is -2.32. The van der Waals surface area contributed by atoms with Gasteiger partial charge in [-0.3, -0.25) is 9.59 Å². The zero-order chi connectivity index (χ0) is 14.0. The highest BCUT2D eigenvalue weighted by atomic mass is 16.7. The average molecular weight is 263 g/mol. The molecule has 0 bridgehead atoms. The van der Waals surface area contributed by atoms with Gasteiger partial charge in [-0.2, -0.15) is 0 Å². The van der Waals surface area contributed by atoms with Crippen LogP contribution in [-0.4, -0.2) is 40.0 Å². The van der Waals surface area contributed by atoms with E-state index in [9.17, 15) is 14.4 Å². The molecule has 0 spiro atoms. The molecule has 0 aromatic heterocycles. The molecule has 0 aliphatic carbocycles. The number of carbonyl (C=O) groups is 3. The van der Waals surface area contributed by atoms with E-state index in [0.29, 0.717) is 5.06 Å². The predicted molar refractivity (Wildman–Crippen MR) is 62.8 cm³/mol. The van der Waals surface area contributed by atoms with E-state index in [1.54, 1.807) is 0 Å². The first-order chi connectivity index (χ1) is 8.99. The van der Waals surface area contributed by atoms with E-state index in [2.05, 4.69) is 0 Å². The Labute approximate surface area is 108 Å². The van der Waals surface area contributed by atoms with E-state index in [1.165, 1.54) is 24.3 Å². The number of nitrogens with zero attached hydrogens (tertiary/aromatic N) is 1. The van der Waals surface area contributed by atoms with E-state index in [1.807, 2.05) is 0 Å². The zero-order valence-corrected chi connectivity index (χ0v) is 9.78. The van der Waals surface area contributed by atoms with E-state index < -0.39 is 24.9 Å². The second kappa shape index (κ2) is 5.21. The summed E-state index contributed by atoms with van der Waals surface area (Å²) in [6, 6.07) is 5.27. The smallest absolute Gasteiger partial charge is 0.423 e. The van der Waals surface area contributed by atoms with Crippen LogP contribution in [0.2, 0.25) is 0 Å². The predicted octanol–water partition coefficient (Wildman–Crippen LogP) is -1.41. The zero-order valence-electron chi connectivity index (χ0n) is 9.78. The molecule has 1 aliphatic heterocycles. The number of hydroxylamine groups is 2.